The second-order valence-electron chi connectivity index (χ2n) is 2.97. The summed E-state index contributed by atoms with van der Waals surface area (Å²) in [5, 5.41) is 9.19. The number of aliphatic carboxylic acids is 1. The van der Waals surface area contributed by atoms with E-state index in [0.717, 1.165) is 18.1 Å². The summed E-state index contributed by atoms with van der Waals surface area (Å²) in [6, 6.07) is 0. The maximum atomic E-state index is 10.2. The van der Waals surface area contributed by atoms with Crippen LogP contribution in [0, 0.1) is 0 Å². The second kappa shape index (κ2) is 7.56. The van der Waals surface area contributed by atoms with Gasteiger partial charge in [-0.2, -0.15) is 0 Å². The topological polar surface area (TPSA) is 37.3 Å². The summed E-state index contributed by atoms with van der Waals surface area (Å²) in [4.78, 5) is 10.2. The van der Waals surface area contributed by atoms with Crippen LogP contribution in [0.15, 0.2) is 0 Å². The van der Waals surface area contributed by atoms with Gasteiger partial charge < -0.3 is 5.11 Å². The normalized spacial score (nSPS) is 21.1. The van der Waals surface area contributed by atoms with E-state index in [1.165, 1.54) is 18.6 Å². The highest BCUT2D eigenvalue weighted by Crippen LogP contribution is 2.39. The molecule has 1 aliphatic heterocycles. The van der Waals surface area contributed by atoms with Crippen LogP contribution in [0.25, 0.3) is 0 Å². The van der Waals surface area contributed by atoms with Crippen molar-refractivity contribution >= 4 is 27.6 Å². The van der Waals surface area contributed by atoms with Crippen LogP contribution in [0.3, 0.4) is 0 Å². The van der Waals surface area contributed by atoms with E-state index in [2.05, 4.69) is 0 Å². The molecule has 13 heavy (non-hydrogen) atoms. The Morgan fingerprint density at radius 3 is 2.77 bits per heavy atom. The Kier molecular flexibility index (Phi) is 7.66. The lowest BCUT2D eigenvalue weighted by Gasteiger charge is -2.04. The average Bonchev–Trinajstić information content (AvgIpc) is 2.49. The number of carboxylic acid groups (broad SMARTS) is 1. The molecule has 0 saturated carbocycles. The average molecular weight is 222 g/mol. The van der Waals surface area contributed by atoms with Crippen LogP contribution in [0.5, 0.6) is 0 Å². The van der Waals surface area contributed by atoms with Gasteiger partial charge in [0.2, 0.25) is 0 Å². The molecule has 0 aliphatic carbocycles. The lowest BCUT2D eigenvalue weighted by Crippen LogP contribution is -1.99. The number of hydrogen-bond acceptors (Lipinski definition) is 3. The van der Waals surface area contributed by atoms with Crippen LogP contribution in [-0.2, 0) is 4.79 Å². The first-order chi connectivity index (χ1) is 5.79. The third kappa shape index (κ3) is 6.27. The summed E-state index contributed by atoms with van der Waals surface area (Å²) in [7, 11) is 3.92. The highest BCUT2D eigenvalue weighted by Gasteiger charge is 2.15. The van der Waals surface area contributed by atoms with Gasteiger partial charge in [0.05, 0.1) is 0 Å². The number of hydrogen-bond donors (Lipinski definition) is 1. The summed E-state index contributed by atoms with van der Waals surface area (Å²) in [5.74, 6) is 0.609. The number of unbranched alkanes of at least 4 members (excludes halogenated alkanes) is 1. The summed E-state index contributed by atoms with van der Waals surface area (Å²) < 4.78 is 0. The molecule has 78 valence electrons. The number of carbonyl (C=O) groups is 1. The van der Waals surface area contributed by atoms with Crippen LogP contribution in [0.4, 0.5) is 0 Å². The largest absolute Gasteiger partial charge is 0.481 e. The van der Waals surface area contributed by atoms with Gasteiger partial charge in [0.1, 0.15) is 0 Å². The Labute approximate surface area is 88.3 Å². The van der Waals surface area contributed by atoms with Crippen LogP contribution in [0.1, 0.15) is 39.5 Å². The zero-order valence-electron chi connectivity index (χ0n) is 6.99. The van der Waals surface area contributed by atoms with E-state index >= 15 is 0 Å². The molecule has 0 spiro atoms. The molecule has 4 heteroatoms. The van der Waals surface area contributed by atoms with Gasteiger partial charge in [-0.3, -0.25) is 4.79 Å². The SMILES string of the molecule is C.O=C(O)CCCCC1CCSS1. The summed E-state index contributed by atoms with van der Waals surface area (Å²) in [5.41, 5.74) is 0. The van der Waals surface area contributed by atoms with Crippen molar-refractivity contribution < 1.29 is 9.90 Å². The van der Waals surface area contributed by atoms with Crippen molar-refractivity contribution in [1.29, 1.82) is 0 Å². The molecule has 1 N–H and O–H groups in total. The Morgan fingerprint density at radius 2 is 2.23 bits per heavy atom. The predicted molar refractivity (Wildman–Crippen MR) is 61.3 cm³/mol. The smallest absolute Gasteiger partial charge is 0.303 e. The van der Waals surface area contributed by atoms with Crippen molar-refractivity contribution in [3.05, 3.63) is 0 Å². The zero-order chi connectivity index (χ0) is 8.81. The molecule has 1 aliphatic rings. The monoisotopic (exact) mass is 222 g/mol. The minimum Gasteiger partial charge on any atom is -0.481 e. The van der Waals surface area contributed by atoms with Gasteiger partial charge in [0.25, 0.3) is 0 Å². The van der Waals surface area contributed by atoms with Crippen molar-refractivity contribution in [3.63, 3.8) is 0 Å². The van der Waals surface area contributed by atoms with Crippen LogP contribution >= 0.6 is 21.6 Å². The van der Waals surface area contributed by atoms with E-state index in [-0.39, 0.29) is 7.43 Å². The third-order valence-corrected chi connectivity index (χ3v) is 4.90. The molecule has 0 aromatic heterocycles. The van der Waals surface area contributed by atoms with E-state index in [1.807, 2.05) is 21.6 Å². The lowest BCUT2D eigenvalue weighted by atomic mass is 10.1. The first kappa shape index (κ1) is 13.2. The Bertz CT molecular complexity index is 145. The van der Waals surface area contributed by atoms with Gasteiger partial charge in [-0.25, -0.2) is 0 Å². The fraction of sp³-hybridized carbons (Fsp3) is 0.889. The van der Waals surface area contributed by atoms with Crippen LogP contribution < -0.4 is 0 Å². The van der Waals surface area contributed by atoms with E-state index in [4.69, 9.17) is 5.11 Å². The minimum atomic E-state index is -0.663. The molecule has 1 fully saturated rings. The highest BCUT2D eigenvalue weighted by molar-refractivity contribution is 8.77. The molecule has 2 nitrogen and oxygen atoms in total. The predicted octanol–water partition coefficient (Wildman–Crippen LogP) is 3.42. The minimum absolute atomic E-state index is 0. The van der Waals surface area contributed by atoms with Gasteiger partial charge in [-0.1, -0.05) is 35.4 Å². The summed E-state index contributed by atoms with van der Waals surface area (Å²) in [6.45, 7) is 0. The molecule has 1 heterocycles. The van der Waals surface area contributed by atoms with Crippen molar-refractivity contribution in [2.75, 3.05) is 5.75 Å². The second-order valence-corrected chi connectivity index (χ2v) is 5.76. The molecule has 0 aromatic carbocycles. The summed E-state index contributed by atoms with van der Waals surface area (Å²) in [6.07, 6.45) is 4.76. The van der Waals surface area contributed by atoms with Gasteiger partial charge in [0, 0.05) is 17.4 Å². The first-order valence-electron chi connectivity index (χ1n) is 4.29. The van der Waals surface area contributed by atoms with Crippen LogP contribution in [-0.4, -0.2) is 22.1 Å². The maximum Gasteiger partial charge on any atom is 0.303 e. The standard InChI is InChI=1S/C8H14O2S2.CH4/c9-8(10)4-2-1-3-7-5-6-11-12-7;/h7H,1-6H2,(H,9,10);1H4. The lowest BCUT2D eigenvalue weighted by molar-refractivity contribution is -0.137. The number of rotatable bonds is 5. The fourth-order valence-corrected chi connectivity index (χ4v) is 4.24. The van der Waals surface area contributed by atoms with E-state index in [0.29, 0.717) is 6.42 Å². The van der Waals surface area contributed by atoms with Gasteiger partial charge in [-0.05, 0) is 19.3 Å². The first-order valence-corrected chi connectivity index (χ1v) is 6.67. The molecule has 1 atom stereocenters. The number of carboxylic acids is 1. The Balaban J connectivity index is 0.00000144. The maximum absolute atomic E-state index is 10.2. The quantitative estimate of drug-likeness (QED) is 0.571. The Hall–Kier alpha value is 0.170. The van der Waals surface area contributed by atoms with Gasteiger partial charge in [-0.15, -0.1) is 0 Å². The third-order valence-electron chi connectivity index (χ3n) is 1.89. The van der Waals surface area contributed by atoms with Crippen molar-refractivity contribution in [1.82, 2.24) is 0 Å². The van der Waals surface area contributed by atoms with E-state index < -0.39 is 5.97 Å². The van der Waals surface area contributed by atoms with E-state index in [1.54, 1.807) is 0 Å². The van der Waals surface area contributed by atoms with Crippen molar-refractivity contribution in [3.8, 4) is 0 Å². The van der Waals surface area contributed by atoms with Crippen LogP contribution in [0.2, 0.25) is 0 Å². The molecule has 0 radical (unpaired) electrons. The van der Waals surface area contributed by atoms with Gasteiger partial charge in [0.15, 0.2) is 0 Å². The fourth-order valence-electron chi connectivity index (χ4n) is 1.21. The highest BCUT2D eigenvalue weighted by atomic mass is 33.1. The summed E-state index contributed by atoms with van der Waals surface area (Å²) >= 11 is 0. The van der Waals surface area contributed by atoms with Gasteiger partial charge >= 0.3 is 5.97 Å². The van der Waals surface area contributed by atoms with E-state index in [9.17, 15) is 4.79 Å². The van der Waals surface area contributed by atoms with Crippen molar-refractivity contribution in [2.24, 2.45) is 0 Å². The molecule has 1 saturated heterocycles. The molecular formula is C9H18O2S2. The zero-order valence-corrected chi connectivity index (χ0v) is 8.62. The molecule has 0 amide bonds. The molecule has 0 aromatic rings. The van der Waals surface area contributed by atoms with Crippen molar-refractivity contribution in [2.45, 2.75) is 44.8 Å². The molecule has 1 unspecified atom stereocenters. The molecular weight excluding hydrogens is 204 g/mol. The Morgan fingerprint density at radius 1 is 1.46 bits per heavy atom. The molecule has 1 rings (SSSR count). The molecule has 0 bridgehead atoms.